The highest BCUT2D eigenvalue weighted by Crippen LogP contribution is 2.16. The summed E-state index contributed by atoms with van der Waals surface area (Å²) in [5.41, 5.74) is 2.31. The molecule has 160 valence electrons. The highest BCUT2D eigenvalue weighted by Gasteiger charge is 2.13. The van der Waals surface area contributed by atoms with Crippen LogP contribution in [0.1, 0.15) is 31.8 Å². The molecule has 1 amide bonds. The number of rotatable bonds is 7. The lowest BCUT2D eigenvalue weighted by atomic mass is 10.1. The monoisotopic (exact) mass is 431 g/mol. The molecule has 0 spiro atoms. The molecule has 9 heteroatoms. The van der Waals surface area contributed by atoms with Crippen LogP contribution in [0.15, 0.2) is 72.8 Å². The maximum Gasteiger partial charge on any atom is 0.336 e. The van der Waals surface area contributed by atoms with E-state index in [2.05, 4.69) is 20.7 Å². The Kier molecular flexibility index (Phi) is 5.98. The Bertz CT molecular complexity index is 1290. The number of carbonyl (C=O) groups is 2. The summed E-state index contributed by atoms with van der Waals surface area (Å²) >= 11 is 0. The van der Waals surface area contributed by atoms with Gasteiger partial charge in [-0.15, -0.1) is 10.2 Å². The molecule has 3 aromatic carbocycles. The number of hydrogen-bond acceptors (Lipinski definition) is 5. The van der Waals surface area contributed by atoms with E-state index >= 15 is 0 Å². The number of nitrogens with one attached hydrogen (secondary N) is 1. The van der Waals surface area contributed by atoms with Crippen LogP contribution in [-0.4, -0.2) is 37.2 Å². The first-order valence-corrected chi connectivity index (χ1v) is 9.72. The zero-order valence-corrected chi connectivity index (χ0v) is 16.8. The van der Waals surface area contributed by atoms with Crippen LogP contribution in [0.2, 0.25) is 0 Å². The zero-order valence-electron chi connectivity index (χ0n) is 16.8. The zero-order chi connectivity index (χ0) is 22.5. The molecule has 4 aromatic rings. The summed E-state index contributed by atoms with van der Waals surface area (Å²) in [5, 5.41) is 24.3. The van der Waals surface area contributed by atoms with E-state index in [-0.39, 0.29) is 30.4 Å². The predicted octanol–water partition coefficient (Wildman–Crippen LogP) is 3.16. The Morgan fingerprint density at radius 3 is 2.62 bits per heavy atom. The number of amides is 1. The number of aromatic nitrogens is 4. The van der Waals surface area contributed by atoms with Gasteiger partial charge >= 0.3 is 5.97 Å². The third kappa shape index (κ3) is 4.84. The quantitative estimate of drug-likeness (QED) is 0.465. The van der Waals surface area contributed by atoms with Crippen molar-refractivity contribution in [1.82, 2.24) is 25.5 Å². The Labute approximate surface area is 182 Å². The third-order valence-electron chi connectivity index (χ3n) is 4.74. The van der Waals surface area contributed by atoms with Gasteiger partial charge in [0.05, 0.1) is 12.1 Å². The van der Waals surface area contributed by atoms with Crippen molar-refractivity contribution < 1.29 is 19.1 Å². The molecule has 4 rings (SSSR count). The molecule has 8 nitrogen and oxygen atoms in total. The molecule has 0 fully saturated rings. The molecule has 0 atom stereocenters. The molecule has 0 aliphatic carbocycles. The fourth-order valence-corrected chi connectivity index (χ4v) is 3.18. The number of hydrogen-bond donors (Lipinski definition) is 2. The molecule has 32 heavy (non-hydrogen) atoms. The summed E-state index contributed by atoms with van der Waals surface area (Å²) in [5.74, 6) is -1.43. The van der Waals surface area contributed by atoms with Gasteiger partial charge in [0, 0.05) is 17.7 Å². The average molecular weight is 431 g/mol. The topological polar surface area (TPSA) is 110 Å². The smallest absolute Gasteiger partial charge is 0.336 e. The highest BCUT2D eigenvalue weighted by atomic mass is 19.1. The minimum absolute atomic E-state index is 0.0770. The fourth-order valence-electron chi connectivity index (χ4n) is 3.18. The van der Waals surface area contributed by atoms with Gasteiger partial charge in [0.15, 0.2) is 0 Å². The van der Waals surface area contributed by atoms with Crippen LogP contribution in [0.3, 0.4) is 0 Å². The molecule has 0 radical (unpaired) electrons. The first-order valence-electron chi connectivity index (χ1n) is 9.72. The lowest BCUT2D eigenvalue weighted by Crippen LogP contribution is -2.24. The summed E-state index contributed by atoms with van der Waals surface area (Å²) in [7, 11) is 0. The second-order valence-electron chi connectivity index (χ2n) is 7.00. The van der Waals surface area contributed by atoms with Crippen molar-refractivity contribution in [2.24, 2.45) is 0 Å². The fraction of sp³-hybridized carbons (Fsp3) is 0.0870. The van der Waals surface area contributed by atoms with E-state index in [4.69, 9.17) is 0 Å². The number of benzene rings is 3. The van der Waals surface area contributed by atoms with Crippen LogP contribution in [0, 0.1) is 5.82 Å². The largest absolute Gasteiger partial charge is 0.478 e. The van der Waals surface area contributed by atoms with Crippen LogP contribution >= 0.6 is 0 Å². The van der Waals surface area contributed by atoms with Crippen LogP contribution in [0.5, 0.6) is 0 Å². The average Bonchev–Trinajstić information content (AvgIpc) is 3.26. The maximum atomic E-state index is 13.4. The van der Waals surface area contributed by atoms with E-state index in [1.54, 1.807) is 54.6 Å². The highest BCUT2D eigenvalue weighted by molar-refractivity contribution is 5.95. The minimum Gasteiger partial charge on any atom is -0.478 e. The van der Waals surface area contributed by atoms with Crippen molar-refractivity contribution >= 4 is 11.9 Å². The second-order valence-corrected chi connectivity index (χ2v) is 7.00. The molecular weight excluding hydrogens is 413 g/mol. The Morgan fingerprint density at radius 2 is 1.81 bits per heavy atom. The second kappa shape index (κ2) is 9.17. The summed E-state index contributed by atoms with van der Waals surface area (Å²) in [6.45, 7) is 0.335. The first-order chi connectivity index (χ1) is 15.5. The van der Waals surface area contributed by atoms with E-state index in [0.717, 1.165) is 0 Å². The van der Waals surface area contributed by atoms with Gasteiger partial charge in [-0.05, 0) is 46.7 Å². The normalized spacial score (nSPS) is 10.7. The van der Waals surface area contributed by atoms with Crippen LogP contribution in [-0.2, 0) is 13.1 Å². The van der Waals surface area contributed by atoms with E-state index in [9.17, 15) is 19.1 Å². The molecule has 0 saturated heterocycles. The van der Waals surface area contributed by atoms with E-state index in [0.29, 0.717) is 28.1 Å². The number of tetrazole rings is 1. The van der Waals surface area contributed by atoms with Gasteiger partial charge in [0.2, 0.25) is 5.82 Å². The van der Waals surface area contributed by atoms with Crippen molar-refractivity contribution in [2.75, 3.05) is 0 Å². The third-order valence-corrected chi connectivity index (χ3v) is 4.74. The van der Waals surface area contributed by atoms with E-state index in [1.165, 1.54) is 23.0 Å². The summed E-state index contributed by atoms with van der Waals surface area (Å²) < 4.78 is 13.4. The molecule has 1 aromatic heterocycles. The van der Waals surface area contributed by atoms with Crippen molar-refractivity contribution in [3.63, 3.8) is 0 Å². The van der Waals surface area contributed by atoms with Gasteiger partial charge in [-0.1, -0.05) is 42.5 Å². The lowest BCUT2D eigenvalue weighted by molar-refractivity contribution is 0.0694. The molecule has 0 saturated carbocycles. The lowest BCUT2D eigenvalue weighted by Gasteiger charge is -2.08. The Balaban J connectivity index is 1.46. The van der Waals surface area contributed by atoms with Crippen LogP contribution in [0.4, 0.5) is 4.39 Å². The molecule has 0 bridgehead atoms. The number of carboxylic acids is 1. The van der Waals surface area contributed by atoms with Crippen molar-refractivity contribution in [2.45, 2.75) is 13.1 Å². The first kappa shape index (κ1) is 20.9. The molecule has 2 N–H and O–H groups in total. The van der Waals surface area contributed by atoms with Crippen LogP contribution < -0.4 is 5.32 Å². The van der Waals surface area contributed by atoms with Crippen molar-refractivity contribution in [3.05, 3.63) is 101 Å². The predicted molar refractivity (Wildman–Crippen MR) is 113 cm³/mol. The Morgan fingerprint density at radius 1 is 1.00 bits per heavy atom. The Hall–Kier alpha value is -4.40. The van der Waals surface area contributed by atoms with Gasteiger partial charge in [-0.2, -0.15) is 4.80 Å². The van der Waals surface area contributed by atoms with Crippen molar-refractivity contribution in [3.8, 4) is 11.4 Å². The number of carbonyl (C=O) groups excluding carboxylic acids is 1. The van der Waals surface area contributed by atoms with Crippen LogP contribution in [0.25, 0.3) is 11.4 Å². The summed E-state index contributed by atoms with van der Waals surface area (Å²) in [6.07, 6.45) is 0. The molecule has 1 heterocycles. The number of halogens is 1. The minimum atomic E-state index is -1.05. The van der Waals surface area contributed by atoms with Gasteiger partial charge < -0.3 is 10.4 Å². The molecule has 0 aliphatic rings. The SMILES string of the molecule is O=C(NCc1ccccc1C(=O)O)c1cccc(-c2nnn(Cc3cccc(F)c3)n2)c1. The number of nitrogens with zero attached hydrogens (tertiary/aromatic N) is 4. The molecular formula is C23H18FN5O3. The standard InChI is InChI=1S/C23H18FN5O3/c24-19-9-3-5-15(11-19)14-29-27-21(26-28-29)16-7-4-8-17(12-16)22(30)25-13-18-6-1-2-10-20(18)23(31)32/h1-12H,13-14H2,(H,25,30)(H,31,32). The number of carboxylic acid groups (broad SMARTS) is 1. The van der Waals surface area contributed by atoms with Gasteiger partial charge in [-0.3, -0.25) is 4.79 Å². The maximum absolute atomic E-state index is 13.4. The molecule has 0 aliphatic heterocycles. The van der Waals surface area contributed by atoms with Crippen molar-refractivity contribution in [1.29, 1.82) is 0 Å². The summed E-state index contributed by atoms with van der Waals surface area (Å²) in [4.78, 5) is 25.3. The van der Waals surface area contributed by atoms with E-state index in [1.807, 2.05) is 0 Å². The van der Waals surface area contributed by atoms with Gasteiger partial charge in [0.1, 0.15) is 5.82 Å². The molecule has 0 unspecified atom stereocenters. The number of aromatic carboxylic acids is 1. The summed E-state index contributed by atoms with van der Waals surface area (Å²) in [6, 6.07) is 19.3. The van der Waals surface area contributed by atoms with Gasteiger partial charge in [0.25, 0.3) is 5.91 Å². The van der Waals surface area contributed by atoms with Gasteiger partial charge in [-0.25, -0.2) is 9.18 Å². The van der Waals surface area contributed by atoms with E-state index < -0.39 is 5.97 Å².